The Morgan fingerprint density at radius 3 is 2.72 bits per heavy atom. The van der Waals surface area contributed by atoms with Crippen molar-refractivity contribution in [1.82, 2.24) is 4.98 Å². The van der Waals surface area contributed by atoms with Gasteiger partial charge in [-0.15, -0.1) is 11.3 Å². The fourth-order valence-corrected chi connectivity index (χ4v) is 2.84. The molecule has 3 aromatic rings. The second-order valence-corrected chi connectivity index (χ2v) is 5.75. The molecule has 0 bridgehead atoms. The highest BCUT2D eigenvalue weighted by Gasteiger charge is 2.20. The quantitative estimate of drug-likeness (QED) is 0.556. The number of carbonyl (C=O) groups is 1. The van der Waals surface area contributed by atoms with Gasteiger partial charge in [0.15, 0.2) is 5.13 Å². The normalized spacial score (nSPS) is 10.5. The molecule has 0 saturated carbocycles. The molecule has 0 fully saturated rings. The molecule has 0 radical (unpaired) electrons. The molecule has 25 heavy (non-hydrogen) atoms. The first-order valence-electron chi connectivity index (χ1n) is 6.91. The minimum Gasteiger partial charge on any atom is -0.298 e. The van der Waals surface area contributed by atoms with E-state index in [2.05, 4.69) is 10.3 Å². The van der Waals surface area contributed by atoms with E-state index >= 15 is 0 Å². The fourth-order valence-electron chi connectivity index (χ4n) is 2.14. The lowest BCUT2D eigenvalue weighted by Gasteiger charge is -2.03. The van der Waals surface area contributed by atoms with E-state index in [0.29, 0.717) is 0 Å². The summed E-state index contributed by atoms with van der Waals surface area (Å²) in [5, 5.41) is 15.0. The van der Waals surface area contributed by atoms with Gasteiger partial charge in [0.05, 0.1) is 10.6 Å². The number of halogens is 2. The number of amides is 1. The van der Waals surface area contributed by atoms with Crippen LogP contribution < -0.4 is 5.32 Å². The van der Waals surface area contributed by atoms with Gasteiger partial charge < -0.3 is 0 Å². The van der Waals surface area contributed by atoms with Crippen molar-refractivity contribution >= 4 is 28.1 Å². The Bertz CT molecular complexity index is 975. The molecule has 1 aromatic heterocycles. The van der Waals surface area contributed by atoms with Crippen molar-refractivity contribution in [1.29, 1.82) is 0 Å². The summed E-state index contributed by atoms with van der Waals surface area (Å²) < 4.78 is 27.0. The van der Waals surface area contributed by atoms with E-state index in [1.807, 2.05) is 0 Å². The number of hydrogen-bond acceptors (Lipinski definition) is 5. The Hall–Kier alpha value is -3.20. The molecular formula is C16H9F2N3O3S. The first-order chi connectivity index (χ1) is 12.0. The van der Waals surface area contributed by atoms with Gasteiger partial charge in [0.25, 0.3) is 11.6 Å². The van der Waals surface area contributed by atoms with Crippen molar-refractivity contribution in [3.8, 4) is 11.3 Å². The van der Waals surface area contributed by atoms with Crippen LogP contribution in [0, 0.1) is 21.7 Å². The van der Waals surface area contributed by atoms with Crippen molar-refractivity contribution in [3.05, 3.63) is 75.2 Å². The molecule has 0 atom stereocenters. The number of nitro groups is 1. The summed E-state index contributed by atoms with van der Waals surface area (Å²) in [6, 6.07) is 8.44. The monoisotopic (exact) mass is 361 g/mol. The van der Waals surface area contributed by atoms with Crippen LogP contribution in [0.3, 0.4) is 0 Å². The predicted octanol–water partition coefficient (Wildman–Crippen LogP) is 4.25. The maximum atomic E-state index is 13.8. The highest BCUT2D eigenvalue weighted by Crippen LogP contribution is 2.28. The molecule has 2 aromatic carbocycles. The van der Waals surface area contributed by atoms with Gasteiger partial charge in [-0.1, -0.05) is 12.1 Å². The maximum Gasteiger partial charge on any atom is 0.282 e. The summed E-state index contributed by atoms with van der Waals surface area (Å²) in [7, 11) is 0. The minimum atomic E-state index is -0.715. The number of nitrogens with zero attached hydrogens (tertiary/aromatic N) is 2. The number of benzene rings is 2. The van der Waals surface area contributed by atoms with Gasteiger partial charge in [-0.05, 0) is 24.3 Å². The van der Waals surface area contributed by atoms with E-state index < -0.39 is 22.5 Å². The third-order valence-electron chi connectivity index (χ3n) is 3.27. The van der Waals surface area contributed by atoms with Crippen LogP contribution in [0.4, 0.5) is 19.6 Å². The molecule has 0 unspecified atom stereocenters. The van der Waals surface area contributed by atoms with Gasteiger partial charge >= 0.3 is 0 Å². The lowest BCUT2D eigenvalue weighted by atomic mass is 10.1. The number of nitro benzene ring substituents is 1. The fraction of sp³-hybridized carbons (Fsp3) is 0. The molecule has 1 N–H and O–H groups in total. The second-order valence-electron chi connectivity index (χ2n) is 4.89. The van der Waals surface area contributed by atoms with Crippen molar-refractivity contribution < 1.29 is 18.5 Å². The van der Waals surface area contributed by atoms with Gasteiger partial charge in [-0.2, -0.15) is 0 Å². The third kappa shape index (κ3) is 3.50. The Morgan fingerprint density at radius 1 is 1.20 bits per heavy atom. The van der Waals surface area contributed by atoms with E-state index in [1.54, 1.807) is 0 Å². The van der Waals surface area contributed by atoms with Crippen molar-refractivity contribution in [2.24, 2.45) is 0 Å². The Morgan fingerprint density at radius 2 is 1.96 bits per heavy atom. The molecule has 0 aliphatic heterocycles. The van der Waals surface area contributed by atoms with Crippen LogP contribution in [0.15, 0.2) is 47.8 Å². The van der Waals surface area contributed by atoms with Crippen LogP contribution in [0.2, 0.25) is 0 Å². The van der Waals surface area contributed by atoms with E-state index in [1.165, 1.54) is 29.6 Å². The minimum absolute atomic E-state index is 0.0394. The van der Waals surface area contributed by atoms with E-state index in [9.17, 15) is 23.7 Å². The Labute approximate surface area is 143 Å². The Kier molecular flexibility index (Phi) is 4.48. The van der Waals surface area contributed by atoms with Gasteiger partial charge in [-0.3, -0.25) is 20.2 Å². The van der Waals surface area contributed by atoms with Crippen molar-refractivity contribution in [3.63, 3.8) is 0 Å². The molecule has 1 heterocycles. The van der Waals surface area contributed by atoms with Crippen molar-refractivity contribution in [2.45, 2.75) is 0 Å². The van der Waals surface area contributed by atoms with Crippen LogP contribution in [-0.2, 0) is 0 Å². The average molecular weight is 361 g/mol. The predicted molar refractivity (Wildman–Crippen MR) is 88.5 cm³/mol. The number of nitrogens with one attached hydrogen (secondary N) is 1. The van der Waals surface area contributed by atoms with Gasteiger partial charge in [0.1, 0.15) is 17.2 Å². The number of carbonyl (C=O) groups excluding carboxylic acids is 1. The highest BCUT2D eigenvalue weighted by atomic mass is 32.1. The number of anilines is 1. The molecule has 6 nitrogen and oxygen atoms in total. The lowest BCUT2D eigenvalue weighted by molar-refractivity contribution is -0.385. The van der Waals surface area contributed by atoms with E-state index in [-0.39, 0.29) is 27.6 Å². The molecule has 0 spiro atoms. The van der Waals surface area contributed by atoms with E-state index in [0.717, 1.165) is 29.5 Å². The molecule has 0 aliphatic rings. The van der Waals surface area contributed by atoms with Crippen LogP contribution in [-0.4, -0.2) is 15.8 Å². The largest absolute Gasteiger partial charge is 0.298 e. The molecule has 9 heteroatoms. The number of aromatic nitrogens is 1. The number of rotatable bonds is 4. The van der Waals surface area contributed by atoms with Crippen LogP contribution >= 0.6 is 11.3 Å². The number of hydrogen-bond donors (Lipinski definition) is 1. The summed E-state index contributed by atoms with van der Waals surface area (Å²) >= 11 is 0.994. The molecule has 3 rings (SSSR count). The first kappa shape index (κ1) is 16.7. The summed E-state index contributed by atoms with van der Waals surface area (Å²) in [5.41, 5.74) is -0.351. The zero-order valence-corrected chi connectivity index (χ0v) is 13.2. The number of thiazole rings is 1. The van der Waals surface area contributed by atoms with Crippen molar-refractivity contribution in [2.75, 3.05) is 5.32 Å². The van der Waals surface area contributed by atoms with Crippen LogP contribution in [0.5, 0.6) is 0 Å². The topological polar surface area (TPSA) is 85.1 Å². The molecule has 126 valence electrons. The number of para-hydroxylation sites is 1. The second kappa shape index (κ2) is 6.73. The van der Waals surface area contributed by atoms with Gasteiger partial charge in [0.2, 0.25) is 0 Å². The molecular weight excluding hydrogens is 352 g/mol. The Balaban J connectivity index is 1.86. The lowest BCUT2D eigenvalue weighted by Crippen LogP contribution is -2.13. The summed E-state index contributed by atoms with van der Waals surface area (Å²) in [5.74, 6) is -1.98. The van der Waals surface area contributed by atoms with Gasteiger partial charge in [-0.25, -0.2) is 13.8 Å². The van der Waals surface area contributed by atoms with Crippen LogP contribution in [0.1, 0.15) is 10.4 Å². The smallest absolute Gasteiger partial charge is 0.282 e. The standard InChI is InChI=1S/C16H9F2N3O3S/c17-9-5-6-12(18)11(7-9)13-8-25-16(19-13)20-15(22)10-3-1-2-4-14(10)21(23)24/h1-8H,(H,19,20,22). The summed E-state index contributed by atoms with van der Waals surface area (Å²) in [6.07, 6.45) is 0. The highest BCUT2D eigenvalue weighted by molar-refractivity contribution is 7.14. The summed E-state index contributed by atoms with van der Waals surface area (Å²) in [4.78, 5) is 26.6. The van der Waals surface area contributed by atoms with Gasteiger partial charge in [0, 0.05) is 17.0 Å². The first-order valence-corrected chi connectivity index (χ1v) is 7.79. The molecule has 0 aliphatic carbocycles. The van der Waals surface area contributed by atoms with Crippen LogP contribution in [0.25, 0.3) is 11.3 Å². The zero-order chi connectivity index (χ0) is 18.0. The zero-order valence-electron chi connectivity index (χ0n) is 12.4. The molecule has 0 saturated heterocycles. The molecule has 1 amide bonds. The van der Waals surface area contributed by atoms with E-state index in [4.69, 9.17) is 0 Å². The SMILES string of the molecule is O=C(Nc1nc(-c2cc(F)ccc2F)cs1)c1ccccc1[N+](=O)[O-]. The third-order valence-corrected chi connectivity index (χ3v) is 4.03. The average Bonchev–Trinajstić information content (AvgIpc) is 3.05. The summed E-state index contributed by atoms with van der Waals surface area (Å²) in [6.45, 7) is 0. The maximum absolute atomic E-state index is 13.8.